The van der Waals surface area contributed by atoms with Crippen LogP contribution >= 0.6 is 0 Å². The largest absolute Gasteiger partial charge is 0.453 e. The first-order valence-electron chi connectivity index (χ1n) is 10.5. The van der Waals surface area contributed by atoms with Gasteiger partial charge in [-0.3, -0.25) is 10.1 Å². The van der Waals surface area contributed by atoms with Crippen molar-refractivity contribution in [1.29, 1.82) is 5.26 Å². The average molecular weight is 452 g/mol. The lowest BCUT2D eigenvalue weighted by Gasteiger charge is -2.10. The van der Waals surface area contributed by atoms with Crippen molar-refractivity contribution in [3.8, 4) is 28.5 Å². The van der Waals surface area contributed by atoms with Gasteiger partial charge in [-0.2, -0.15) is 5.26 Å². The molecule has 0 radical (unpaired) electrons. The van der Waals surface area contributed by atoms with Crippen LogP contribution in [0.15, 0.2) is 95.4 Å². The predicted octanol–water partition coefficient (Wildman–Crippen LogP) is 4.70. The van der Waals surface area contributed by atoms with Gasteiger partial charge < -0.3 is 14.3 Å². The summed E-state index contributed by atoms with van der Waals surface area (Å²) in [5.74, 6) is -1.30. The molecule has 1 unspecified atom stereocenters. The van der Waals surface area contributed by atoms with Crippen molar-refractivity contribution in [2.75, 3.05) is 11.9 Å². The molecule has 4 aromatic rings. The lowest BCUT2D eigenvalue weighted by molar-refractivity contribution is -0.156. The van der Waals surface area contributed by atoms with E-state index in [1.165, 1.54) is 0 Å². The van der Waals surface area contributed by atoms with Gasteiger partial charge in [0, 0.05) is 11.1 Å². The van der Waals surface area contributed by atoms with Crippen molar-refractivity contribution in [1.82, 2.24) is 0 Å². The molecular weight excluding hydrogens is 432 g/mol. The first-order chi connectivity index (χ1) is 16.6. The van der Waals surface area contributed by atoms with Gasteiger partial charge in [-0.15, -0.1) is 0 Å². The summed E-state index contributed by atoms with van der Waals surface area (Å²) in [7, 11) is 0. The third-order valence-corrected chi connectivity index (χ3v) is 5.06. The molecule has 0 aliphatic carbocycles. The molecule has 1 amide bonds. The number of nitrogens with one attached hydrogen (secondary N) is 1. The second-order valence-electron chi connectivity index (χ2n) is 7.32. The third-order valence-electron chi connectivity index (χ3n) is 5.06. The molecule has 0 saturated carbocycles. The lowest BCUT2D eigenvalue weighted by Crippen LogP contribution is -2.24. The van der Waals surface area contributed by atoms with Gasteiger partial charge in [0.05, 0.1) is 0 Å². The molecule has 1 heterocycles. The molecule has 0 aliphatic heterocycles. The molecule has 7 nitrogen and oxygen atoms in total. The Morgan fingerprint density at radius 2 is 1.47 bits per heavy atom. The van der Waals surface area contributed by atoms with Crippen LogP contribution in [-0.2, 0) is 14.3 Å². The fraction of sp³-hybridized carbons (Fsp3) is 0.0741. The second kappa shape index (κ2) is 10.3. The number of rotatable bonds is 7. The van der Waals surface area contributed by atoms with E-state index >= 15 is 0 Å². The van der Waals surface area contributed by atoms with E-state index in [4.69, 9.17) is 9.15 Å². The molecule has 34 heavy (non-hydrogen) atoms. The topological polar surface area (TPSA) is 113 Å². The number of anilines is 1. The molecule has 0 saturated heterocycles. The highest BCUT2D eigenvalue weighted by molar-refractivity contribution is 5.97. The minimum Gasteiger partial charge on any atom is -0.453 e. The number of furan rings is 1. The van der Waals surface area contributed by atoms with Crippen LogP contribution in [0.4, 0.5) is 5.88 Å². The number of carbonyl (C=O) groups excluding carboxylic acids is 2. The van der Waals surface area contributed by atoms with Gasteiger partial charge in [0.25, 0.3) is 5.91 Å². The van der Waals surface area contributed by atoms with Gasteiger partial charge in [-0.1, -0.05) is 91.0 Å². The number of nitriles is 1. The van der Waals surface area contributed by atoms with Gasteiger partial charge in [0.15, 0.2) is 12.7 Å². The molecule has 4 rings (SSSR count). The first kappa shape index (κ1) is 22.5. The Bertz CT molecular complexity index is 1330. The standard InChI is InChI=1S/C27H20N2O5/c28-16-21-23(18-10-4-1-5-11-18)25(20-14-8-3-9-15-20)34-26(21)29-22(30)17-33-27(32)24(31)19-12-6-2-7-13-19/h1-15,24,31H,17H2,(H,29,30). The van der Waals surface area contributed by atoms with E-state index < -0.39 is 24.6 Å². The van der Waals surface area contributed by atoms with E-state index in [1.54, 1.807) is 30.3 Å². The average Bonchev–Trinajstić information content (AvgIpc) is 3.26. The fourth-order valence-corrected chi connectivity index (χ4v) is 3.45. The smallest absolute Gasteiger partial charge is 0.340 e. The molecule has 1 atom stereocenters. The van der Waals surface area contributed by atoms with Crippen molar-refractivity contribution < 1.29 is 23.8 Å². The van der Waals surface area contributed by atoms with Crippen LogP contribution in [0, 0.1) is 11.3 Å². The zero-order valence-corrected chi connectivity index (χ0v) is 18.0. The van der Waals surface area contributed by atoms with Crippen LogP contribution in [-0.4, -0.2) is 23.6 Å². The first-order valence-corrected chi connectivity index (χ1v) is 10.5. The molecule has 0 aliphatic rings. The van der Waals surface area contributed by atoms with Gasteiger partial charge in [-0.25, -0.2) is 4.79 Å². The molecule has 168 valence electrons. The normalized spacial score (nSPS) is 11.3. The van der Waals surface area contributed by atoms with Crippen molar-refractivity contribution in [3.63, 3.8) is 0 Å². The Morgan fingerprint density at radius 1 is 0.912 bits per heavy atom. The van der Waals surface area contributed by atoms with Gasteiger partial charge in [0.2, 0.25) is 5.88 Å². The maximum absolute atomic E-state index is 12.5. The summed E-state index contributed by atoms with van der Waals surface area (Å²) in [5.41, 5.74) is 2.52. The molecule has 0 fully saturated rings. The van der Waals surface area contributed by atoms with E-state index in [9.17, 15) is 20.0 Å². The quantitative estimate of drug-likeness (QED) is 0.393. The minimum absolute atomic E-state index is 0.0511. The lowest BCUT2D eigenvalue weighted by atomic mass is 9.98. The molecule has 3 aromatic carbocycles. The number of aliphatic hydroxyl groups excluding tert-OH is 1. The zero-order valence-electron chi connectivity index (χ0n) is 18.0. The summed E-state index contributed by atoms with van der Waals surface area (Å²) in [6.45, 7) is -0.657. The van der Waals surface area contributed by atoms with Gasteiger partial charge >= 0.3 is 5.97 Å². The summed E-state index contributed by atoms with van der Waals surface area (Å²) in [5, 5.41) is 22.5. The summed E-state index contributed by atoms with van der Waals surface area (Å²) in [6, 6.07) is 28.8. The molecule has 0 bridgehead atoms. The van der Waals surface area contributed by atoms with Gasteiger partial charge in [-0.05, 0) is 11.1 Å². The fourth-order valence-electron chi connectivity index (χ4n) is 3.45. The van der Waals surface area contributed by atoms with E-state index in [0.29, 0.717) is 16.9 Å². The highest BCUT2D eigenvalue weighted by atomic mass is 16.5. The van der Waals surface area contributed by atoms with E-state index in [0.717, 1.165) is 11.1 Å². The van der Waals surface area contributed by atoms with E-state index in [-0.39, 0.29) is 11.4 Å². The monoisotopic (exact) mass is 452 g/mol. The number of esters is 1. The molecule has 0 spiro atoms. The molecule has 7 heteroatoms. The van der Waals surface area contributed by atoms with Crippen LogP contribution in [0.3, 0.4) is 0 Å². The number of hydrogen-bond acceptors (Lipinski definition) is 6. The number of amides is 1. The van der Waals surface area contributed by atoms with Crippen LogP contribution in [0.25, 0.3) is 22.5 Å². The number of aliphatic hydroxyl groups is 1. The maximum Gasteiger partial charge on any atom is 0.340 e. The summed E-state index contributed by atoms with van der Waals surface area (Å²) < 4.78 is 10.9. The zero-order chi connectivity index (χ0) is 23.9. The Morgan fingerprint density at radius 3 is 2.06 bits per heavy atom. The van der Waals surface area contributed by atoms with E-state index in [1.807, 2.05) is 60.7 Å². The summed E-state index contributed by atoms with van der Waals surface area (Å²) in [4.78, 5) is 24.6. The second-order valence-corrected chi connectivity index (χ2v) is 7.32. The predicted molar refractivity (Wildman–Crippen MR) is 125 cm³/mol. The molecular formula is C27H20N2O5. The maximum atomic E-state index is 12.5. The summed E-state index contributed by atoms with van der Waals surface area (Å²) in [6.07, 6.45) is -1.51. The van der Waals surface area contributed by atoms with Gasteiger partial charge in [0.1, 0.15) is 17.4 Å². The molecule has 1 aromatic heterocycles. The third kappa shape index (κ3) is 4.88. The highest BCUT2D eigenvalue weighted by Crippen LogP contribution is 2.41. The Labute approximate surface area is 195 Å². The van der Waals surface area contributed by atoms with Crippen LogP contribution < -0.4 is 5.32 Å². The summed E-state index contributed by atoms with van der Waals surface area (Å²) >= 11 is 0. The minimum atomic E-state index is -1.51. The van der Waals surface area contributed by atoms with E-state index in [2.05, 4.69) is 11.4 Å². The number of benzene rings is 3. The van der Waals surface area contributed by atoms with Crippen molar-refractivity contribution in [2.45, 2.75) is 6.10 Å². The Hall–Kier alpha value is -4.67. The number of hydrogen-bond donors (Lipinski definition) is 2. The Kier molecular flexibility index (Phi) is 6.82. The van der Waals surface area contributed by atoms with Crippen molar-refractivity contribution >= 4 is 17.8 Å². The Balaban J connectivity index is 1.56. The number of carbonyl (C=O) groups is 2. The van der Waals surface area contributed by atoms with Crippen LogP contribution in [0.5, 0.6) is 0 Å². The van der Waals surface area contributed by atoms with Crippen molar-refractivity contribution in [3.05, 3.63) is 102 Å². The molecule has 2 N–H and O–H groups in total. The van der Waals surface area contributed by atoms with Crippen LogP contribution in [0.1, 0.15) is 17.2 Å². The number of nitrogens with zero attached hydrogens (tertiary/aromatic N) is 1. The van der Waals surface area contributed by atoms with Crippen molar-refractivity contribution in [2.24, 2.45) is 0 Å². The SMILES string of the molecule is N#Cc1c(NC(=O)COC(=O)C(O)c2ccccc2)oc(-c2ccccc2)c1-c1ccccc1. The number of ether oxygens (including phenoxy) is 1. The van der Waals surface area contributed by atoms with Crippen LogP contribution in [0.2, 0.25) is 0 Å². The highest BCUT2D eigenvalue weighted by Gasteiger charge is 2.25.